The Balaban J connectivity index is 2.12. The number of nitrogens with one attached hydrogen (secondary N) is 1. The number of thiophene rings is 1. The number of carboxylic acid groups (broad SMARTS) is 1. The predicted molar refractivity (Wildman–Crippen MR) is 87.0 cm³/mol. The molecule has 5 nitrogen and oxygen atoms in total. The first-order valence-corrected chi connectivity index (χ1v) is 8.35. The van der Waals surface area contributed by atoms with E-state index in [0.29, 0.717) is 25.3 Å². The number of rotatable bonds is 4. The summed E-state index contributed by atoms with van der Waals surface area (Å²) in [5.41, 5.74) is 6.40. The smallest absolute Gasteiger partial charge is 0.337 e. The van der Waals surface area contributed by atoms with Crippen LogP contribution in [-0.2, 0) is 17.6 Å². The van der Waals surface area contributed by atoms with Gasteiger partial charge >= 0.3 is 5.97 Å². The van der Waals surface area contributed by atoms with E-state index in [1.165, 1.54) is 4.88 Å². The number of fused-ring (bicyclic) bond motifs is 1. The molecule has 0 saturated heterocycles. The zero-order valence-electron chi connectivity index (χ0n) is 13.0. The fourth-order valence-electron chi connectivity index (χ4n) is 3.33. The van der Waals surface area contributed by atoms with E-state index in [4.69, 9.17) is 10.6 Å². The molecule has 0 fully saturated rings. The molecule has 120 valence electrons. The molecule has 1 aromatic heterocycles. The predicted octanol–water partition coefficient (Wildman–Crippen LogP) is 2.21. The summed E-state index contributed by atoms with van der Waals surface area (Å²) in [5, 5.41) is 9.76. The maximum atomic E-state index is 11.9. The topological polar surface area (TPSA) is 84.6 Å². The van der Waals surface area contributed by atoms with Gasteiger partial charge in [-0.05, 0) is 41.4 Å². The van der Waals surface area contributed by atoms with Gasteiger partial charge in [0.25, 0.3) is 0 Å². The zero-order chi connectivity index (χ0) is 15.9. The SMILES string of the molecule is CC1(C)CCc2sc(C3=C(CNN)COC3)c(C(=O)O)c2C1. The Labute approximate surface area is 134 Å². The van der Waals surface area contributed by atoms with Gasteiger partial charge in [0.05, 0.1) is 18.8 Å². The highest BCUT2D eigenvalue weighted by atomic mass is 32.1. The minimum atomic E-state index is -0.829. The molecule has 0 spiro atoms. The number of hydrazine groups is 1. The lowest BCUT2D eigenvalue weighted by atomic mass is 9.76. The summed E-state index contributed by atoms with van der Waals surface area (Å²) >= 11 is 1.63. The van der Waals surface area contributed by atoms with Crippen molar-refractivity contribution in [1.82, 2.24) is 5.43 Å². The normalized spacial score (nSPS) is 20.3. The van der Waals surface area contributed by atoms with Crippen molar-refractivity contribution in [3.63, 3.8) is 0 Å². The minimum Gasteiger partial charge on any atom is -0.478 e. The van der Waals surface area contributed by atoms with Crippen molar-refractivity contribution in [3.05, 3.63) is 26.5 Å². The van der Waals surface area contributed by atoms with E-state index in [9.17, 15) is 9.90 Å². The fraction of sp³-hybridized carbons (Fsp3) is 0.562. The number of aromatic carboxylic acids is 1. The van der Waals surface area contributed by atoms with E-state index in [-0.39, 0.29) is 5.41 Å². The molecular formula is C16H22N2O3S. The summed E-state index contributed by atoms with van der Waals surface area (Å²) in [6.07, 6.45) is 2.90. The van der Waals surface area contributed by atoms with E-state index < -0.39 is 5.97 Å². The molecule has 0 unspecified atom stereocenters. The number of nitrogens with two attached hydrogens (primary N) is 1. The Bertz CT molecular complexity index is 646. The molecule has 3 rings (SSSR count). The Hall–Kier alpha value is -1.21. The Morgan fingerprint density at radius 3 is 2.91 bits per heavy atom. The highest BCUT2D eigenvalue weighted by Crippen LogP contribution is 2.44. The Morgan fingerprint density at radius 1 is 1.45 bits per heavy atom. The van der Waals surface area contributed by atoms with E-state index in [0.717, 1.165) is 40.8 Å². The van der Waals surface area contributed by atoms with E-state index in [1.54, 1.807) is 11.3 Å². The van der Waals surface area contributed by atoms with Crippen molar-refractivity contribution in [2.45, 2.75) is 33.1 Å². The number of hydrogen-bond donors (Lipinski definition) is 3. The first kappa shape index (κ1) is 15.7. The van der Waals surface area contributed by atoms with Crippen LogP contribution in [0.25, 0.3) is 5.57 Å². The summed E-state index contributed by atoms with van der Waals surface area (Å²) in [7, 11) is 0. The van der Waals surface area contributed by atoms with Crippen LogP contribution in [0.4, 0.5) is 0 Å². The van der Waals surface area contributed by atoms with Crippen LogP contribution in [0.5, 0.6) is 0 Å². The molecule has 1 aromatic rings. The van der Waals surface area contributed by atoms with Crippen LogP contribution in [0.15, 0.2) is 5.57 Å². The molecule has 4 N–H and O–H groups in total. The third-order valence-corrected chi connectivity index (χ3v) is 5.88. The second-order valence-electron chi connectivity index (χ2n) is 6.81. The number of ether oxygens (including phenoxy) is 1. The Kier molecular flexibility index (Phi) is 4.11. The van der Waals surface area contributed by atoms with Crippen molar-refractivity contribution < 1.29 is 14.6 Å². The highest BCUT2D eigenvalue weighted by Gasteiger charge is 2.34. The molecule has 0 saturated carbocycles. The Morgan fingerprint density at radius 2 is 2.23 bits per heavy atom. The minimum absolute atomic E-state index is 0.164. The molecule has 0 amide bonds. The molecule has 2 heterocycles. The summed E-state index contributed by atoms with van der Waals surface area (Å²) in [4.78, 5) is 14.0. The largest absolute Gasteiger partial charge is 0.478 e. The van der Waals surface area contributed by atoms with Crippen LogP contribution in [-0.4, -0.2) is 30.8 Å². The number of aryl methyl sites for hydroxylation is 1. The van der Waals surface area contributed by atoms with E-state index >= 15 is 0 Å². The number of hydrogen-bond acceptors (Lipinski definition) is 5. The van der Waals surface area contributed by atoms with E-state index in [1.807, 2.05) is 0 Å². The second kappa shape index (κ2) is 5.77. The van der Waals surface area contributed by atoms with Crippen LogP contribution in [0, 0.1) is 5.41 Å². The second-order valence-corrected chi connectivity index (χ2v) is 7.92. The van der Waals surface area contributed by atoms with Gasteiger partial charge in [-0.25, -0.2) is 4.79 Å². The standard InChI is InChI=1S/C16H22N2O3S/c1-16(2)4-3-12-10(5-16)13(15(19)20)14(22-12)11-8-21-7-9(11)6-18-17/h18H,3-8,17H2,1-2H3,(H,19,20). The van der Waals surface area contributed by atoms with Gasteiger partial charge in [0.15, 0.2) is 0 Å². The average molecular weight is 322 g/mol. The molecule has 22 heavy (non-hydrogen) atoms. The third-order valence-electron chi connectivity index (χ3n) is 4.53. The zero-order valence-corrected chi connectivity index (χ0v) is 13.8. The van der Waals surface area contributed by atoms with Crippen molar-refractivity contribution in [1.29, 1.82) is 0 Å². The van der Waals surface area contributed by atoms with Crippen LogP contribution >= 0.6 is 11.3 Å². The molecule has 0 bridgehead atoms. The van der Waals surface area contributed by atoms with Gasteiger partial charge in [-0.15, -0.1) is 11.3 Å². The van der Waals surface area contributed by atoms with Gasteiger partial charge in [0, 0.05) is 16.3 Å². The average Bonchev–Trinajstić information content (AvgIpc) is 3.01. The van der Waals surface area contributed by atoms with Gasteiger partial charge in [-0.1, -0.05) is 13.8 Å². The molecule has 0 radical (unpaired) electrons. The number of carbonyl (C=O) groups is 1. The fourth-order valence-corrected chi connectivity index (χ4v) is 4.72. The summed E-state index contributed by atoms with van der Waals surface area (Å²) in [5.74, 6) is 4.60. The maximum absolute atomic E-state index is 11.9. The lowest BCUT2D eigenvalue weighted by Crippen LogP contribution is -2.25. The maximum Gasteiger partial charge on any atom is 0.337 e. The van der Waals surface area contributed by atoms with Crippen LogP contribution in [0.3, 0.4) is 0 Å². The number of carboxylic acids is 1. The summed E-state index contributed by atoms with van der Waals surface area (Å²) in [6, 6.07) is 0. The van der Waals surface area contributed by atoms with Crippen molar-refractivity contribution >= 4 is 22.9 Å². The molecule has 0 aromatic carbocycles. The van der Waals surface area contributed by atoms with Gasteiger partial charge < -0.3 is 9.84 Å². The lowest BCUT2D eigenvalue weighted by molar-refractivity contribution is 0.0695. The highest BCUT2D eigenvalue weighted by molar-refractivity contribution is 7.13. The third kappa shape index (κ3) is 2.72. The quantitative estimate of drug-likeness (QED) is 0.584. The van der Waals surface area contributed by atoms with Gasteiger partial charge in [0.2, 0.25) is 0 Å². The van der Waals surface area contributed by atoms with Gasteiger partial charge in [0.1, 0.15) is 0 Å². The van der Waals surface area contributed by atoms with Gasteiger partial charge in [-0.2, -0.15) is 0 Å². The van der Waals surface area contributed by atoms with E-state index in [2.05, 4.69) is 19.3 Å². The van der Waals surface area contributed by atoms with Crippen LogP contribution in [0.1, 0.15) is 45.9 Å². The van der Waals surface area contributed by atoms with Crippen molar-refractivity contribution in [2.75, 3.05) is 19.8 Å². The molecule has 2 aliphatic rings. The monoisotopic (exact) mass is 322 g/mol. The molecule has 1 aliphatic carbocycles. The van der Waals surface area contributed by atoms with Crippen LogP contribution < -0.4 is 11.3 Å². The summed E-state index contributed by atoms with van der Waals surface area (Å²) < 4.78 is 5.53. The van der Waals surface area contributed by atoms with Gasteiger partial charge in [-0.3, -0.25) is 11.3 Å². The first-order valence-electron chi connectivity index (χ1n) is 7.53. The molecule has 1 aliphatic heterocycles. The van der Waals surface area contributed by atoms with Crippen molar-refractivity contribution in [2.24, 2.45) is 11.3 Å². The molecular weight excluding hydrogens is 300 g/mol. The first-order chi connectivity index (χ1) is 10.4. The molecule has 6 heteroatoms. The van der Waals surface area contributed by atoms with Crippen molar-refractivity contribution in [3.8, 4) is 0 Å². The summed E-state index contributed by atoms with van der Waals surface area (Å²) in [6.45, 7) is 5.94. The molecule has 0 atom stereocenters. The lowest BCUT2D eigenvalue weighted by Gasteiger charge is -2.29. The van der Waals surface area contributed by atoms with Crippen LogP contribution in [0.2, 0.25) is 0 Å².